The van der Waals surface area contributed by atoms with Crippen molar-refractivity contribution < 1.29 is 0 Å². The van der Waals surface area contributed by atoms with Crippen molar-refractivity contribution in [3.05, 3.63) is 35.0 Å². The molecule has 0 bridgehead atoms. The number of aryl methyl sites for hydroxylation is 3. The van der Waals surface area contributed by atoms with Crippen LogP contribution in [0.3, 0.4) is 0 Å². The molecule has 1 heterocycles. The first-order valence-electron chi connectivity index (χ1n) is 5.34. The molecule has 2 nitrogen and oxygen atoms in total. The molecule has 16 heavy (non-hydrogen) atoms. The Labute approximate surface area is 100 Å². The van der Waals surface area contributed by atoms with Crippen molar-refractivity contribution in [2.45, 2.75) is 20.8 Å². The molecule has 0 saturated carbocycles. The van der Waals surface area contributed by atoms with Gasteiger partial charge < -0.3 is 5.32 Å². The van der Waals surface area contributed by atoms with Crippen LogP contribution in [-0.2, 0) is 0 Å². The number of anilines is 1. The van der Waals surface area contributed by atoms with E-state index in [4.69, 9.17) is 0 Å². The third-order valence-corrected chi connectivity index (χ3v) is 3.84. The zero-order valence-corrected chi connectivity index (χ0v) is 10.9. The van der Waals surface area contributed by atoms with Gasteiger partial charge in [0.25, 0.3) is 0 Å². The Kier molecular flexibility index (Phi) is 2.97. The van der Waals surface area contributed by atoms with Gasteiger partial charge in [-0.2, -0.15) is 0 Å². The van der Waals surface area contributed by atoms with Crippen molar-refractivity contribution in [2.24, 2.45) is 0 Å². The quantitative estimate of drug-likeness (QED) is 0.852. The van der Waals surface area contributed by atoms with E-state index in [1.165, 1.54) is 16.7 Å². The first kappa shape index (κ1) is 11.1. The number of aromatic nitrogens is 1. The summed E-state index contributed by atoms with van der Waals surface area (Å²) in [5.74, 6) is 0. The molecule has 0 amide bonds. The Balaban J connectivity index is 2.50. The van der Waals surface area contributed by atoms with Crippen LogP contribution in [0, 0.1) is 20.8 Å². The maximum Gasteiger partial charge on any atom is 0.125 e. The minimum Gasteiger partial charge on any atom is -0.378 e. The number of hydrogen-bond acceptors (Lipinski definition) is 3. The SMILES string of the molecule is CNc1sc(-c2ccc(C)cc2C)nc1C. The summed E-state index contributed by atoms with van der Waals surface area (Å²) in [7, 11) is 1.94. The summed E-state index contributed by atoms with van der Waals surface area (Å²) in [5, 5.41) is 5.42. The molecule has 0 fully saturated rings. The van der Waals surface area contributed by atoms with Gasteiger partial charge in [-0.25, -0.2) is 4.98 Å². The molecule has 1 N–H and O–H groups in total. The zero-order valence-electron chi connectivity index (χ0n) is 10.1. The smallest absolute Gasteiger partial charge is 0.125 e. The lowest BCUT2D eigenvalue weighted by molar-refractivity contribution is 1.25. The van der Waals surface area contributed by atoms with Crippen LogP contribution in [0.5, 0.6) is 0 Å². The minimum atomic E-state index is 1.07. The Morgan fingerprint density at radius 3 is 2.50 bits per heavy atom. The highest BCUT2D eigenvalue weighted by molar-refractivity contribution is 7.19. The molecule has 0 aliphatic carbocycles. The number of benzene rings is 1. The van der Waals surface area contributed by atoms with E-state index in [1.54, 1.807) is 11.3 Å². The van der Waals surface area contributed by atoms with Gasteiger partial charge in [0.15, 0.2) is 0 Å². The van der Waals surface area contributed by atoms with E-state index in [1.807, 2.05) is 14.0 Å². The van der Waals surface area contributed by atoms with E-state index in [0.717, 1.165) is 15.7 Å². The van der Waals surface area contributed by atoms with Crippen LogP contribution >= 0.6 is 11.3 Å². The van der Waals surface area contributed by atoms with E-state index in [9.17, 15) is 0 Å². The van der Waals surface area contributed by atoms with Crippen molar-refractivity contribution >= 4 is 16.3 Å². The van der Waals surface area contributed by atoms with Crippen LogP contribution < -0.4 is 5.32 Å². The lowest BCUT2D eigenvalue weighted by Crippen LogP contribution is -1.85. The van der Waals surface area contributed by atoms with Gasteiger partial charge in [0.05, 0.1) is 5.69 Å². The largest absolute Gasteiger partial charge is 0.378 e. The van der Waals surface area contributed by atoms with Gasteiger partial charge in [-0.1, -0.05) is 35.1 Å². The highest BCUT2D eigenvalue weighted by Gasteiger charge is 2.09. The fourth-order valence-corrected chi connectivity index (χ4v) is 2.81. The Morgan fingerprint density at radius 1 is 1.19 bits per heavy atom. The molecule has 0 aliphatic heterocycles. The maximum absolute atomic E-state index is 4.60. The summed E-state index contributed by atoms with van der Waals surface area (Å²) in [5.41, 5.74) is 4.89. The van der Waals surface area contributed by atoms with Crippen LogP contribution in [0.2, 0.25) is 0 Å². The number of thiazole rings is 1. The van der Waals surface area contributed by atoms with Gasteiger partial charge in [0, 0.05) is 12.6 Å². The minimum absolute atomic E-state index is 1.07. The summed E-state index contributed by atoms with van der Waals surface area (Å²) in [6, 6.07) is 6.49. The average molecular weight is 232 g/mol. The summed E-state index contributed by atoms with van der Waals surface area (Å²) in [6.07, 6.45) is 0. The van der Waals surface area contributed by atoms with E-state index >= 15 is 0 Å². The molecular formula is C13H16N2S. The van der Waals surface area contributed by atoms with Crippen LogP contribution in [0.15, 0.2) is 18.2 Å². The molecule has 1 aromatic heterocycles. The Morgan fingerprint density at radius 2 is 1.94 bits per heavy atom. The third-order valence-electron chi connectivity index (χ3n) is 2.64. The number of hydrogen-bond donors (Lipinski definition) is 1. The second kappa shape index (κ2) is 4.26. The van der Waals surface area contributed by atoms with Crippen LogP contribution in [-0.4, -0.2) is 12.0 Å². The third kappa shape index (κ3) is 1.95. The molecule has 0 aliphatic rings. The predicted octanol–water partition coefficient (Wildman–Crippen LogP) is 3.78. The van der Waals surface area contributed by atoms with Gasteiger partial charge in [-0.15, -0.1) is 0 Å². The molecule has 0 spiro atoms. The predicted molar refractivity (Wildman–Crippen MR) is 71.3 cm³/mol. The van der Waals surface area contributed by atoms with Gasteiger partial charge in [-0.05, 0) is 26.3 Å². The van der Waals surface area contributed by atoms with E-state index in [-0.39, 0.29) is 0 Å². The summed E-state index contributed by atoms with van der Waals surface area (Å²) in [4.78, 5) is 4.60. The fourth-order valence-electron chi connectivity index (χ4n) is 1.80. The van der Waals surface area contributed by atoms with Crippen LogP contribution in [0.25, 0.3) is 10.6 Å². The van der Waals surface area contributed by atoms with E-state index < -0.39 is 0 Å². The lowest BCUT2D eigenvalue weighted by Gasteiger charge is -2.02. The first-order chi connectivity index (χ1) is 7.61. The van der Waals surface area contributed by atoms with Gasteiger partial charge in [0.2, 0.25) is 0 Å². The normalized spacial score (nSPS) is 10.5. The van der Waals surface area contributed by atoms with Gasteiger partial charge in [0.1, 0.15) is 10.0 Å². The summed E-state index contributed by atoms with van der Waals surface area (Å²) < 4.78 is 0. The van der Waals surface area contributed by atoms with Crippen molar-refractivity contribution in [1.82, 2.24) is 4.98 Å². The molecule has 1 aromatic carbocycles. The summed E-state index contributed by atoms with van der Waals surface area (Å²) >= 11 is 1.71. The zero-order chi connectivity index (χ0) is 11.7. The second-order valence-corrected chi connectivity index (χ2v) is 5.00. The standard InChI is InChI=1S/C13H16N2S/c1-8-5-6-11(9(2)7-8)13-15-10(3)12(14-4)16-13/h5-7,14H,1-4H3. The van der Waals surface area contributed by atoms with Crippen molar-refractivity contribution in [2.75, 3.05) is 12.4 Å². The van der Waals surface area contributed by atoms with E-state index in [2.05, 4.69) is 42.3 Å². The molecule has 2 rings (SSSR count). The molecular weight excluding hydrogens is 216 g/mol. The number of nitrogens with one attached hydrogen (secondary N) is 1. The molecule has 0 saturated heterocycles. The molecule has 3 heteroatoms. The van der Waals surface area contributed by atoms with Gasteiger partial charge >= 0.3 is 0 Å². The van der Waals surface area contributed by atoms with Crippen LogP contribution in [0.1, 0.15) is 16.8 Å². The molecule has 0 unspecified atom stereocenters. The number of nitrogens with zero attached hydrogens (tertiary/aromatic N) is 1. The molecule has 0 atom stereocenters. The van der Waals surface area contributed by atoms with Crippen LogP contribution in [0.4, 0.5) is 5.00 Å². The maximum atomic E-state index is 4.60. The fraction of sp³-hybridized carbons (Fsp3) is 0.308. The second-order valence-electron chi connectivity index (χ2n) is 4.00. The highest BCUT2D eigenvalue weighted by atomic mass is 32.1. The van der Waals surface area contributed by atoms with Crippen molar-refractivity contribution in [3.8, 4) is 10.6 Å². The lowest BCUT2D eigenvalue weighted by atomic mass is 10.1. The van der Waals surface area contributed by atoms with Gasteiger partial charge in [-0.3, -0.25) is 0 Å². The van der Waals surface area contributed by atoms with Crippen molar-refractivity contribution in [1.29, 1.82) is 0 Å². The molecule has 84 valence electrons. The molecule has 2 aromatic rings. The molecule has 0 radical (unpaired) electrons. The first-order valence-corrected chi connectivity index (χ1v) is 6.16. The number of rotatable bonds is 2. The Bertz CT molecular complexity index is 515. The average Bonchev–Trinajstić information content (AvgIpc) is 2.59. The summed E-state index contributed by atoms with van der Waals surface area (Å²) in [6.45, 7) is 6.29. The van der Waals surface area contributed by atoms with Crippen molar-refractivity contribution in [3.63, 3.8) is 0 Å². The monoisotopic (exact) mass is 232 g/mol. The van der Waals surface area contributed by atoms with E-state index in [0.29, 0.717) is 0 Å². The topological polar surface area (TPSA) is 24.9 Å². The highest BCUT2D eigenvalue weighted by Crippen LogP contribution is 2.33. The Hall–Kier alpha value is -1.35.